The van der Waals surface area contributed by atoms with E-state index < -0.39 is 0 Å². The minimum atomic E-state index is 0.972. The van der Waals surface area contributed by atoms with Gasteiger partial charge in [-0.15, -0.1) is 0 Å². The van der Waals surface area contributed by atoms with Gasteiger partial charge in [0.05, 0.1) is 22.2 Å². The molecule has 3 aromatic heterocycles. The highest BCUT2D eigenvalue weighted by molar-refractivity contribution is 6.10. The molecule has 0 amide bonds. The van der Waals surface area contributed by atoms with E-state index in [0.29, 0.717) is 0 Å². The number of fused-ring (bicyclic) bond motifs is 6. The number of para-hydroxylation sites is 4. The first-order chi connectivity index (χ1) is 18.9. The lowest BCUT2D eigenvalue weighted by Crippen LogP contribution is -1.99. The predicted octanol–water partition coefficient (Wildman–Crippen LogP) is 8.94. The molecular formula is C35H23N3. The first-order valence-corrected chi connectivity index (χ1v) is 12.9. The van der Waals surface area contributed by atoms with Crippen LogP contribution in [0.1, 0.15) is 0 Å². The quantitative estimate of drug-likeness (QED) is 0.245. The molecule has 0 fully saturated rings. The monoisotopic (exact) mass is 485 g/mol. The van der Waals surface area contributed by atoms with Crippen LogP contribution in [0, 0.1) is 0 Å². The maximum atomic E-state index is 4.81. The van der Waals surface area contributed by atoms with E-state index in [-0.39, 0.29) is 0 Å². The van der Waals surface area contributed by atoms with Crippen LogP contribution in [0.3, 0.4) is 0 Å². The molecule has 5 aromatic carbocycles. The predicted molar refractivity (Wildman–Crippen MR) is 158 cm³/mol. The van der Waals surface area contributed by atoms with Crippen molar-refractivity contribution >= 4 is 43.7 Å². The van der Waals surface area contributed by atoms with Gasteiger partial charge in [-0.2, -0.15) is 0 Å². The van der Waals surface area contributed by atoms with Crippen LogP contribution in [-0.2, 0) is 0 Å². The molecule has 0 atom stereocenters. The van der Waals surface area contributed by atoms with Gasteiger partial charge in [-0.3, -0.25) is 4.57 Å². The minimum absolute atomic E-state index is 0.972. The molecule has 0 radical (unpaired) electrons. The van der Waals surface area contributed by atoms with E-state index in [1.165, 1.54) is 38.3 Å². The number of hydrogen-bond acceptors (Lipinski definition) is 1. The van der Waals surface area contributed by atoms with Gasteiger partial charge >= 0.3 is 0 Å². The van der Waals surface area contributed by atoms with Crippen molar-refractivity contribution < 1.29 is 0 Å². The Kier molecular flexibility index (Phi) is 4.52. The summed E-state index contributed by atoms with van der Waals surface area (Å²) in [5.41, 5.74) is 9.17. The Morgan fingerprint density at radius 3 is 1.76 bits per heavy atom. The maximum absolute atomic E-state index is 4.81. The first kappa shape index (κ1) is 21.0. The van der Waals surface area contributed by atoms with Crippen LogP contribution in [-0.4, -0.2) is 14.1 Å². The van der Waals surface area contributed by atoms with E-state index in [9.17, 15) is 0 Å². The van der Waals surface area contributed by atoms with Crippen LogP contribution in [0.4, 0.5) is 0 Å². The molecule has 0 aliphatic carbocycles. The van der Waals surface area contributed by atoms with Gasteiger partial charge in [0, 0.05) is 39.0 Å². The van der Waals surface area contributed by atoms with Gasteiger partial charge in [-0.25, -0.2) is 4.98 Å². The molecular weight excluding hydrogens is 462 g/mol. The molecule has 3 nitrogen and oxygen atoms in total. The highest BCUT2D eigenvalue weighted by Crippen LogP contribution is 2.37. The number of benzene rings is 5. The summed E-state index contributed by atoms with van der Waals surface area (Å²) < 4.78 is 4.67. The summed E-state index contributed by atoms with van der Waals surface area (Å²) in [6.45, 7) is 0. The number of aromatic nitrogens is 3. The highest BCUT2D eigenvalue weighted by atomic mass is 15.0. The fraction of sp³-hybridized carbons (Fsp3) is 0. The van der Waals surface area contributed by atoms with Crippen molar-refractivity contribution in [3.05, 3.63) is 140 Å². The second-order valence-corrected chi connectivity index (χ2v) is 9.66. The zero-order valence-corrected chi connectivity index (χ0v) is 20.6. The molecule has 38 heavy (non-hydrogen) atoms. The van der Waals surface area contributed by atoms with E-state index in [4.69, 9.17) is 4.98 Å². The maximum Gasteiger partial charge on any atom is 0.145 e. The first-order valence-electron chi connectivity index (χ1n) is 12.9. The molecule has 0 unspecified atom stereocenters. The van der Waals surface area contributed by atoms with E-state index in [1.54, 1.807) is 0 Å². The zero-order valence-electron chi connectivity index (χ0n) is 20.6. The normalized spacial score (nSPS) is 11.7. The Morgan fingerprint density at radius 1 is 0.447 bits per heavy atom. The highest BCUT2D eigenvalue weighted by Gasteiger charge is 2.17. The topological polar surface area (TPSA) is 22.8 Å². The molecule has 0 aliphatic rings. The summed E-state index contributed by atoms with van der Waals surface area (Å²) in [5.74, 6) is 0. The molecule has 0 spiro atoms. The van der Waals surface area contributed by atoms with Gasteiger partial charge in [0.2, 0.25) is 0 Å². The third-order valence-electron chi connectivity index (χ3n) is 7.57. The van der Waals surface area contributed by atoms with Gasteiger partial charge in [-0.1, -0.05) is 84.9 Å². The van der Waals surface area contributed by atoms with Crippen molar-refractivity contribution in [3.8, 4) is 22.5 Å². The van der Waals surface area contributed by atoms with E-state index >= 15 is 0 Å². The van der Waals surface area contributed by atoms with Crippen LogP contribution in [0.2, 0.25) is 0 Å². The smallest absolute Gasteiger partial charge is 0.145 e. The van der Waals surface area contributed by atoms with E-state index in [2.05, 4.69) is 137 Å². The molecule has 8 aromatic rings. The van der Waals surface area contributed by atoms with Crippen molar-refractivity contribution in [2.24, 2.45) is 0 Å². The molecule has 3 heteroatoms. The molecule has 178 valence electrons. The fourth-order valence-corrected chi connectivity index (χ4v) is 5.97. The fourth-order valence-electron chi connectivity index (χ4n) is 5.97. The Balaban J connectivity index is 1.39. The Morgan fingerprint density at radius 2 is 1.03 bits per heavy atom. The third-order valence-corrected chi connectivity index (χ3v) is 7.57. The van der Waals surface area contributed by atoms with Crippen LogP contribution >= 0.6 is 0 Å². The molecule has 0 bridgehead atoms. The molecule has 0 N–H and O–H groups in total. The lowest BCUT2D eigenvalue weighted by Gasteiger charge is -2.15. The number of pyridine rings is 1. The average Bonchev–Trinajstić information content (AvgIpc) is 3.50. The standard InChI is InChI=1S/C35H23N3/c1-5-18-31(38-34-21-8-4-16-29(34)30-17-10-22-36-35(30)38)26(13-1)24-11-9-12-25(23-24)37-32-19-6-2-14-27(32)28-15-3-7-20-33(28)37/h1-23H. The summed E-state index contributed by atoms with van der Waals surface area (Å²) in [6, 6.07) is 47.6. The van der Waals surface area contributed by atoms with Crippen molar-refractivity contribution in [1.82, 2.24) is 14.1 Å². The largest absolute Gasteiger partial charge is 0.309 e. The summed E-state index contributed by atoms with van der Waals surface area (Å²) in [5, 5.41) is 4.91. The van der Waals surface area contributed by atoms with Crippen LogP contribution < -0.4 is 0 Å². The van der Waals surface area contributed by atoms with Gasteiger partial charge in [0.1, 0.15) is 5.65 Å². The van der Waals surface area contributed by atoms with Crippen molar-refractivity contribution in [2.75, 3.05) is 0 Å². The summed E-state index contributed by atoms with van der Waals surface area (Å²) in [7, 11) is 0. The molecule has 0 aliphatic heterocycles. The minimum Gasteiger partial charge on any atom is -0.309 e. The van der Waals surface area contributed by atoms with Gasteiger partial charge in [0.25, 0.3) is 0 Å². The molecule has 0 saturated heterocycles. The van der Waals surface area contributed by atoms with Crippen LogP contribution in [0.15, 0.2) is 140 Å². The van der Waals surface area contributed by atoms with E-state index in [1.807, 2.05) is 12.3 Å². The van der Waals surface area contributed by atoms with Crippen molar-refractivity contribution in [3.63, 3.8) is 0 Å². The molecule has 8 rings (SSSR count). The Labute approximate surface area is 219 Å². The second-order valence-electron chi connectivity index (χ2n) is 9.66. The average molecular weight is 486 g/mol. The second kappa shape index (κ2) is 8.19. The number of hydrogen-bond donors (Lipinski definition) is 0. The van der Waals surface area contributed by atoms with Crippen molar-refractivity contribution in [2.45, 2.75) is 0 Å². The van der Waals surface area contributed by atoms with E-state index in [0.717, 1.165) is 27.9 Å². The number of nitrogens with zero attached hydrogens (tertiary/aromatic N) is 3. The Hall–Kier alpha value is -5.15. The van der Waals surface area contributed by atoms with Crippen LogP contribution in [0.25, 0.3) is 66.2 Å². The zero-order chi connectivity index (χ0) is 25.1. The Bertz CT molecular complexity index is 2040. The summed E-state index contributed by atoms with van der Waals surface area (Å²) in [6.07, 6.45) is 1.88. The van der Waals surface area contributed by atoms with Crippen LogP contribution in [0.5, 0.6) is 0 Å². The van der Waals surface area contributed by atoms with Crippen molar-refractivity contribution in [1.29, 1.82) is 0 Å². The molecule has 3 heterocycles. The number of rotatable bonds is 3. The van der Waals surface area contributed by atoms with Gasteiger partial charge in [-0.05, 0) is 54.1 Å². The lowest BCUT2D eigenvalue weighted by atomic mass is 10.0. The lowest BCUT2D eigenvalue weighted by molar-refractivity contribution is 1.14. The SMILES string of the molecule is c1cc(-c2ccccc2-n2c3ccccc3c3cccnc32)cc(-n2c3ccccc3c3ccccc32)c1. The molecule has 0 saturated carbocycles. The summed E-state index contributed by atoms with van der Waals surface area (Å²) >= 11 is 0. The van der Waals surface area contributed by atoms with Gasteiger partial charge < -0.3 is 4.57 Å². The third kappa shape index (κ3) is 2.99. The van der Waals surface area contributed by atoms with Gasteiger partial charge in [0.15, 0.2) is 0 Å². The summed E-state index contributed by atoms with van der Waals surface area (Å²) in [4.78, 5) is 4.81.